The van der Waals surface area contributed by atoms with E-state index in [9.17, 15) is 4.79 Å². The van der Waals surface area contributed by atoms with E-state index in [4.69, 9.17) is 9.47 Å². The molecule has 3 heterocycles. The van der Waals surface area contributed by atoms with Crippen LogP contribution in [-0.4, -0.2) is 56.6 Å². The number of aromatic nitrogens is 4. The zero-order valence-electron chi connectivity index (χ0n) is 13.8. The van der Waals surface area contributed by atoms with Gasteiger partial charge in [0.1, 0.15) is 0 Å². The van der Waals surface area contributed by atoms with Gasteiger partial charge in [0.15, 0.2) is 11.5 Å². The summed E-state index contributed by atoms with van der Waals surface area (Å²) in [6.07, 6.45) is 3.40. The van der Waals surface area contributed by atoms with Crippen LogP contribution in [-0.2, 0) is 11.3 Å². The average Bonchev–Trinajstić information content (AvgIpc) is 3.29. The molecule has 9 heteroatoms. The molecule has 0 saturated carbocycles. The molecule has 8 nitrogen and oxygen atoms in total. The van der Waals surface area contributed by atoms with Crippen molar-refractivity contribution >= 4 is 17.7 Å². The molecule has 2 aliphatic rings. The van der Waals surface area contributed by atoms with Crippen molar-refractivity contribution in [3.63, 3.8) is 0 Å². The van der Waals surface area contributed by atoms with Gasteiger partial charge in [-0.15, -0.1) is 5.10 Å². The smallest absolute Gasteiger partial charge is 0.233 e. The molecule has 132 valence electrons. The van der Waals surface area contributed by atoms with Crippen molar-refractivity contribution < 1.29 is 14.3 Å². The van der Waals surface area contributed by atoms with Crippen molar-refractivity contribution in [3.05, 3.63) is 23.8 Å². The Kier molecular flexibility index (Phi) is 4.73. The van der Waals surface area contributed by atoms with Gasteiger partial charge in [-0.3, -0.25) is 4.79 Å². The Bertz CT molecular complexity index is 760. The van der Waals surface area contributed by atoms with Crippen LogP contribution in [0.5, 0.6) is 11.5 Å². The SMILES string of the molecule is O=C(CSc1nnnn1Cc1ccc2c(c1)OCO2)N1CCCCC1. The van der Waals surface area contributed by atoms with E-state index in [-0.39, 0.29) is 12.7 Å². The van der Waals surface area contributed by atoms with Gasteiger partial charge < -0.3 is 14.4 Å². The van der Waals surface area contributed by atoms with Crippen molar-refractivity contribution in [2.24, 2.45) is 0 Å². The van der Waals surface area contributed by atoms with Crippen molar-refractivity contribution in [2.75, 3.05) is 25.6 Å². The van der Waals surface area contributed by atoms with Crippen LogP contribution >= 0.6 is 11.8 Å². The molecule has 0 unspecified atom stereocenters. The van der Waals surface area contributed by atoms with Crippen LogP contribution in [0, 0.1) is 0 Å². The van der Waals surface area contributed by atoms with Crippen molar-refractivity contribution in [1.29, 1.82) is 0 Å². The van der Waals surface area contributed by atoms with Gasteiger partial charge in [0, 0.05) is 13.1 Å². The second-order valence-electron chi connectivity index (χ2n) is 6.04. The molecule has 0 atom stereocenters. The summed E-state index contributed by atoms with van der Waals surface area (Å²) in [6.45, 7) is 2.50. The van der Waals surface area contributed by atoms with E-state index in [2.05, 4.69) is 15.5 Å². The number of amides is 1. The molecule has 4 rings (SSSR count). The molecule has 0 spiro atoms. The topological polar surface area (TPSA) is 82.4 Å². The van der Waals surface area contributed by atoms with Crippen molar-refractivity contribution in [1.82, 2.24) is 25.1 Å². The quantitative estimate of drug-likeness (QED) is 0.747. The lowest BCUT2D eigenvalue weighted by Crippen LogP contribution is -2.36. The first-order valence-electron chi connectivity index (χ1n) is 8.35. The number of carbonyl (C=O) groups excluding carboxylic acids is 1. The van der Waals surface area contributed by atoms with Crippen LogP contribution in [0.25, 0.3) is 0 Å². The summed E-state index contributed by atoms with van der Waals surface area (Å²) in [5.74, 6) is 2.01. The fraction of sp³-hybridized carbons (Fsp3) is 0.500. The molecule has 0 bridgehead atoms. The first-order valence-corrected chi connectivity index (χ1v) is 9.33. The summed E-state index contributed by atoms with van der Waals surface area (Å²) in [6, 6.07) is 5.77. The number of carbonyl (C=O) groups is 1. The third-order valence-electron chi connectivity index (χ3n) is 4.30. The highest BCUT2D eigenvalue weighted by molar-refractivity contribution is 7.99. The Labute approximate surface area is 149 Å². The molecule has 2 aromatic rings. The second kappa shape index (κ2) is 7.30. The molecule has 0 radical (unpaired) electrons. The van der Waals surface area contributed by atoms with Crippen molar-refractivity contribution in [2.45, 2.75) is 31.0 Å². The van der Waals surface area contributed by atoms with Crippen molar-refractivity contribution in [3.8, 4) is 11.5 Å². The van der Waals surface area contributed by atoms with Crippen LogP contribution in [0.1, 0.15) is 24.8 Å². The third-order valence-corrected chi connectivity index (χ3v) is 5.24. The number of fused-ring (bicyclic) bond motifs is 1. The highest BCUT2D eigenvalue weighted by Crippen LogP contribution is 2.32. The number of hydrogen-bond donors (Lipinski definition) is 0. The lowest BCUT2D eigenvalue weighted by Gasteiger charge is -2.26. The van der Waals surface area contributed by atoms with Gasteiger partial charge in [-0.05, 0) is 47.4 Å². The van der Waals surface area contributed by atoms with Crippen LogP contribution in [0.2, 0.25) is 0 Å². The maximum atomic E-state index is 12.3. The molecule has 1 amide bonds. The monoisotopic (exact) mass is 361 g/mol. The summed E-state index contributed by atoms with van der Waals surface area (Å²) < 4.78 is 12.4. The van der Waals surface area contributed by atoms with E-state index in [0.29, 0.717) is 17.5 Å². The fourth-order valence-corrected chi connectivity index (χ4v) is 3.75. The van der Waals surface area contributed by atoms with Gasteiger partial charge in [0.2, 0.25) is 17.9 Å². The molecule has 2 aliphatic heterocycles. The van der Waals surface area contributed by atoms with Gasteiger partial charge in [0.25, 0.3) is 0 Å². The largest absolute Gasteiger partial charge is 0.454 e. The Morgan fingerprint density at radius 3 is 2.88 bits per heavy atom. The van der Waals surface area contributed by atoms with Crippen LogP contribution in [0.3, 0.4) is 0 Å². The van der Waals surface area contributed by atoms with Gasteiger partial charge >= 0.3 is 0 Å². The maximum absolute atomic E-state index is 12.3. The molecule has 1 aromatic heterocycles. The van der Waals surface area contributed by atoms with Crippen LogP contribution in [0.4, 0.5) is 0 Å². The number of hydrogen-bond acceptors (Lipinski definition) is 7. The molecular formula is C16H19N5O3S. The summed E-state index contributed by atoms with van der Waals surface area (Å²) >= 11 is 1.38. The normalized spacial score (nSPS) is 16.2. The molecule has 1 fully saturated rings. The molecule has 0 N–H and O–H groups in total. The second-order valence-corrected chi connectivity index (χ2v) is 6.98. The summed E-state index contributed by atoms with van der Waals surface area (Å²) in [7, 11) is 0. The minimum atomic E-state index is 0.155. The average molecular weight is 361 g/mol. The minimum absolute atomic E-state index is 0.155. The molecule has 0 aliphatic carbocycles. The van der Waals surface area contributed by atoms with Gasteiger partial charge in [0.05, 0.1) is 12.3 Å². The zero-order valence-corrected chi connectivity index (χ0v) is 14.6. The van der Waals surface area contributed by atoms with E-state index in [0.717, 1.165) is 43.0 Å². The molecular weight excluding hydrogens is 342 g/mol. The summed E-state index contributed by atoms with van der Waals surface area (Å²) in [4.78, 5) is 14.2. The van der Waals surface area contributed by atoms with E-state index in [1.807, 2.05) is 23.1 Å². The Balaban J connectivity index is 1.38. The predicted molar refractivity (Wildman–Crippen MR) is 90.6 cm³/mol. The predicted octanol–water partition coefficient (Wildman–Crippen LogP) is 1.55. The zero-order chi connectivity index (χ0) is 17.1. The minimum Gasteiger partial charge on any atom is -0.454 e. The standard InChI is InChI=1S/C16H19N5O3S/c22-15(20-6-2-1-3-7-20)10-25-16-17-18-19-21(16)9-12-4-5-13-14(8-12)24-11-23-13/h4-5,8H,1-3,6-7,9-11H2. The van der Waals surface area contributed by atoms with E-state index in [1.165, 1.54) is 18.2 Å². The highest BCUT2D eigenvalue weighted by Gasteiger charge is 2.19. The molecule has 1 saturated heterocycles. The lowest BCUT2D eigenvalue weighted by molar-refractivity contribution is -0.129. The molecule has 25 heavy (non-hydrogen) atoms. The summed E-state index contributed by atoms with van der Waals surface area (Å²) in [5, 5.41) is 12.5. The van der Waals surface area contributed by atoms with E-state index in [1.54, 1.807) is 4.68 Å². The Morgan fingerprint density at radius 1 is 1.16 bits per heavy atom. The maximum Gasteiger partial charge on any atom is 0.233 e. The third kappa shape index (κ3) is 3.71. The van der Waals surface area contributed by atoms with Gasteiger partial charge in [-0.2, -0.15) is 0 Å². The van der Waals surface area contributed by atoms with Gasteiger partial charge in [-0.1, -0.05) is 17.8 Å². The van der Waals surface area contributed by atoms with E-state index < -0.39 is 0 Å². The number of ether oxygens (including phenoxy) is 2. The first kappa shape index (κ1) is 16.2. The number of benzene rings is 1. The lowest BCUT2D eigenvalue weighted by atomic mass is 10.1. The van der Waals surface area contributed by atoms with Crippen LogP contribution in [0.15, 0.2) is 23.4 Å². The Hall–Kier alpha value is -2.29. The first-order chi connectivity index (χ1) is 12.3. The number of rotatable bonds is 5. The number of thioether (sulfide) groups is 1. The van der Waals surface area contributed by atoms with Crippen LogP contribution < -0.4 is 9.47 Å². The number of piperidine rings is 1. The van der Waals surface area contributed by atoms with E-state index >= 15 is 0 Å². The fourth-order valence-electron chi connectivity index (χ4n) is 2.97. The number of likely N-dealkylation sites (tertiary alicyclic amines) is 1. The van der Waals surface area contributed by atoms with Gasteiger partial charge in [-0.25, -0.2) is 4.68 Å². The highest BCUT2D eigenvalue weighted by atomic mass is 32.2. The number of nitrogens with zero attached hydrogens (tertiary/aromatic N) is 5. The summed E-state index contributed by atoms with van der Waals surface area (Å²) in [5.41, 5.74) is 1.01. The number of tetrazole rings is 1. The molecule has 1 aromatic carbocycles. The Morgan fingerprint density at radius 2 is 2.00 bits per heavy atom.